The van der Waals surface area contributed by atoms with Crippen LogP contribution >= 0.6 is 0 Å². The summed E-state index contributed by atoms with van der Waals surface area (Å²) < 4.78 is 0. The van der Waals surface area contributed by atoms with Crippen LogP contribution in [0.4, 0.5) is 0 Å². The molecule has 4 unspecified atom stereocenters. The quantitative estimate of drug-likeness (QED) is 0.543. The van der Waals surface area contributed by atoms with Gasteiger partial charge in [0.05, 0.1) is 0 Å². The summed E-state index contributed by atoms with van der Waals surface area (Å²) >= 11 is 0. The molecule has 1 heteroatoms. The Balaban J connectivity index is 2.18. The summed E-state index contributed by atoms with van der Waals surface area (Å²) in [6.07, 6.45) is 5.90. The van der Waals surface area contributed by atoms with Crippen LogP contribution in [0.2, 0.25) is 0 Å². The van der Waals surface area contributed by atoms with Gasteiger partial charge in [-0.15, -0.1) is 0 Å². The van der Waals surface area contributed by atoms with Crippen LogP contribution in [-0.4, -0.2) is 11.7 Å². The van der Waals surface area contributed by atoms with Crippen LogP contribution < -0.4 is 0 Å². The van der Waals surface area contributed by atoms with Gasteiger partial charge in [0.2, 0.25) is 0 Å². The molecule has 0 radical (unpaired) electrons. The van der Waals surface area contributed by atoms with E-state index in [0.29, 0.717) is 18.4 Å². The molecule has 0 spiro atoms. The van der Waals surface area contributed by atoms with Crippen molar-refractivity contribution in [1.82, 2.24) is 0 Å². The maximum Gasteiger partial charge on any atom is 0.0467 e. The van der Waals surface area contributed by atoms with Gasteiger partial charge >= 0.3 is 0 Å². The van der Waals surface area contributed by atoms with E-state index in [1.165, 1.54) is 6.42 Å². The van der Waals surface area contributed by atoms with Gasteiger partial charge in [0.15, 0.2) is 0 Å². The second-order valence-electron chi connectivity index (χ2n) is 3.65. The van der Waals surface area contributed by atoms with Crippen LogP contribution in [0.15, 0.2) is 12.2 Å². The van der Waals surface area contributed by atoms with E-state index >= 15 is 0 Å². The SMILES string of the molecule is CC1C2C=CC(C2)C1CO. The van der Waals surface area contributed by atoms with Crippen molar-refractivity contribution in [2.75, 3.05) is 6.61 Å². The molecule has 1 fully saturated rings. The van der Waals surface area contributed by atoms with E-state index in [9.17, 15) is 0 Å². The van der Waals surface area contributed by atoms with Gasteiger partial charge in [0, 0.05) is 6.61 Å². The van der Waals surface area contributed by atoms with Gasteiger partial charge in [-0.2, -0.15) is 0 Å². The summed E-state index contributed by atoms with van der Waals surface area (Å²) in [6, 6.07) is 0. The van der Waals surface area contributed by atoms with E-state index in [1.54, 1.807) is 0 Å². The van der Waals surface area contributed by atoms with E-state index in [0.717, 1.165) is 11.8 Å². The zero-order chi connectivity index (χ0) is 7.14. The van der Waals surface area contributed by atoms with E-state index < -0.39 is 0 Å². The number of fused-ring (bicyclic) bond motifs is 2. The maximum absolute atomic E-state index is 9.02. The molecule has 10 heavy (non-hydrogen) atoms. The molecule has 2 aliphatic carbocycles. The van der Waals surface area contributed by atoms with Crippen molar-refractivity contribution < 1.29 is 5.11 Å². The molecule has 4 atom stereocenters. The Kier molecular flexibility index (Phi) is 1.34. The van der Waals surface area contributed by atoms with Gasteiger partial charge in [0.25, 0.3) is 0 Å². The Morgan fingerprint density at radius 3 is 2.50 bits per heavy atom. The Hall–Kier alpha value is -0.300. The van der Waals surface area contributed by atoms with Crippen LogP contribution in [0.5, 0.6) is 0 Å². The summed E-state index contributed by atoms with van der Waals surface area (Å²) in [7, 11) is 0. The first-order chi connectivity index (χ1) is 4.83. The molecule has 0 aromatic rings. The van der Waals surface area contributed by atoms with Gasteiger partial charge in [-0.25, -0.2) is 0 Å². The lowest BCUT2D eigenvalue weighted by Gasteiger charge is -2.21. The number of hydrogen-bond acceptors (Lipinski definition) is 1. The van der Waals surface area contributed by atoms with Crippen LogP contribution in [0, 0.1) is 23.7 Å². The number of aliphatic hydroxyl groups is 1. The first kappa shape index (κ1) is 6.41. The van der Waals surface area contributed by atoms with Gasteiger partial charge in [-0.1, -0.05) is 19.1 Å². The molecule has 1 saturated carbocycles. The summed E-state index contributed by atoms with van der Waals surface area (Å²) in [5.74, 6) is 2.77. The lowest BCUT2D eigenvalue weighted by molar-refractivity contribution is 0.172. The monoisotopic (exact) mass is 138 g/mol. The summed E-state index contributed by atoms with van der Waals surface area (Å²) in [5.41, 5.74) is 0. The van der Waals surface area contributed by atoms with E-state index in [1.807, 2.05) is 0 Å². The number of allylic oxidation sites excluding steroid dienone is 2. The average Bonchev–Trinajstić information content (AvgIpc) is 2.46. The highest BCUT2D eigenvalue weighted by Crippen LogP contribution is 2.47. The van der Waals surface area contributed by atoms with Gasteiger partial charge < -0.3 is 5.11 Å². The topological polar surface area (TPSA) is 20.2 Å². The lowest BCUT2D eigenvalue weighted by Crippen LogP contribution is -2.19. The van der Waals surface area contributed by atoms with Gasteiger partial charge in [-0.05, 0) is 30.1 Å². The van der Waals surface area contributed by atoms with Gasteiger partial charge in [0.1, 0.15) is 0 Å². The molecule has 0 aromatic carbocycles. The zero-order valence-electron chi connectivity index (χ0n) is 6.33. The number of rotatable bonds is 1. The van der Waals surface area contributed by atoms with Crippen molar-refractivity contribution in [3.63, 3.8) is 0 Å². The molecule has 1 nitrogen and oxygen atoms in total. The van der Waals surface area contributed by atoms with Crippen molar-refractivity contribution in [3.8, 4) is 0 Å². The largest absolute Gasteiger partial charge is 0.396 e. The molecule has 0 aromatic heterocycles. The molecule has 0 amide bonds. The molecule has 0 aliphatic heterocycles. The van der Waals surface area contributed by atoms with Crippen LogP contribution in [0.1, 0.15) is 13.3 Å². The Morgan fingerprint density at radius 2 is 2.10 bits per heavy atom. The normalized spacial score (nSPS) is 50.6. The average molecular weight is 138 g/mol. The molecule has 0 saturated heterocycles. The highest BCUT2D eigenvalue weighted by molar-refractivity contribution is 5.12. The Labute approximate surface area is 61.8 Å². The number of hydrogen-bond donors (Lipinski definition) is 1. The molecular formula is C9H14O. The third-order valence-corrected chi connectivity index (χ3v) is 3.26. The van der Waals surface area contributed by atoms with Crippen molar-refractivity contribution in [2.45, 2.75) is 13.3 Å². The summed E-state index contributed by atoms with van der Waals surface area (Å²) in [4.78, 5) is 0. The van der Waals surface area contributed by atoms with Crippen molar-refractivity contribution >= 4 is 0 Å². The fourth-order valence-electron chi connectivity index (χ4n) is 2.47. The van der Waals surface area contributed by atoms with Crippen LogP contribution in [0.3, 0.4) is 0 Å². The second-order valence-corrected chi connectivity index (χ2v) is 3.65. The molecule has 2 rings (SSSR count). The van der Waals surface area contributed by atoms with Crippen molar-refractivity contribution in [2.24, 2.45) is 23.7 Å². The smallest absolute Gasteiger partial charge is 0.0467 e. The standard InChI is InChI=1S/C9H14O/c1-6-7-2-3-8(4-7)9(6)5-10/h2-3,6-10H,4-5H2,1H3. The molecule has 2 bridgehead atoms. The minimum atomic E-state index is 0.382. The third-order valence-electron chi connectivity index (χ3n) is 3.26. The second kappa shape index (κ2) is 2.09. The molecule has 1 N–H and O–H groups in total. The minimum Gasteiger partial charge on any atom is -0.396 e. The minimum absolute atomic E-state index is 0.382. The maximum atomic E-state index is 9.02. The van der Waals surface area contributed by atoms with E-state index in [2.05, 4.69) is 19.1 Å². The first-order valence-electron chi connectivity index (χ1n) is 4.12. The highest BCUT2D eigenvalue weighted by atomic mass is 16.3. The number of aliphatic hydroxyl groups excluding tert-OH is 1. The van der Waals surface area contributed by atoms with Crippen molar-refractivity contribution in [1.29, 1.82) is 0 Å². The van der Waals surface area contributed by atoms with Crippen molar-refractivity contribution in [3.05, 3.63) is 12.2 Å². The predicted molar refractivity (Wildman–Crippen MR) is 40.5 cm³/mol. The molecule has 0 heterocycles. The molecule has 56 valence electrons. The highest BCUT2D eigenvalue weighted by Gasteiger charge is 2.40. The first-order valence-corrected chi connectivity index (χ1v) is 4.12. The Bertz CT molecular complexity index is 162. The van der Waals surface area contributed by atoms with Crippen LogP contribution in [-0.2, 0) is 0 Å². The lowest BCUT2D eigenvalue weighted by atomic mass is 9.85. The fraction of sp³-hybridized carbons (Fsp3) is 0.778. The van der Waals surface area contributed by atoms with Crippen LogP contribution in [0.25, 0.3) is 0 Å². The van der Waals surface area contributed by atoms with E-state index in [4.69, 9.17) is 5.11 Å². The van der Waals surface area contributed by atoms with Gasteiger partial charge in [-0.3, -0.25) is 0 Å². The molecular weight excluding hydrogens is 124 g/mol. The zero-order valence-corrected chi connectivity index (χ0v) is 6.33. The Morgan fingerprint density at radius 1 is 1.40 bits per heavy atom. The molecule has 2 aliphatic rings. The third kappa shape index (κ3) is 0.671. The summed E-state index contributed by atoms with van der Waals surface area (Å²) in [6.45, 7) is 2.64. The summed E-state index contributed by atoms with van der Waals surface area (Å²) in [5, 5.41) is 9.02. The van der Waals surface area contributed by atoms with E-state index in [-0.39, 0.29) is 0 Å². The predicted octanol–water partition coefficient (Wildman–Crippen LogP) is 1.44. The fourth-order valence-corrected chi connectivity index (χ4v) is 2.47.